The number of carbonyl (C=O) groups is 1. The van der Waals surface area contributed by atoms with Crippen LogP contribution in [0.1, 0.15) is 37.0 Å². The molecule has 21 heavy (non-hydrogen) atoms. The van der Waals surface area contributed by atoms with E-state index in [1.807, 2.05) is 13.8 Å². The molecule has 4 nitrogen and oxygen atoms in total. The third-order valence-electron chi connectivity index (χ3n) is 4.03. The molecule has 0 unspecified atom stereocenters. The molecule has 0 aliphatic carbocycles. The first-order chi connectivity index (χ1) is 9.81. The maximum Gasteiger partial charge on any atom is 0.338 e. The molecule has 0 spiro atoms. The summed E-state index contributed by atoms with van der Waals surface area (Å²) in [6, 6.07) is 3.15. The van der Waals surface area contributed by atoms with E-state index in [9.17, 15) is 9.90 Å². The Labute approximate surface area is 141 Å². The number of hydrogen-bond acceptors (Lipinski definition) is 3. The van der Waals surface area contributed by atoms with Crippen LogP contribution in [0, 0.1) is 5.92 Å². The highest BCUT2D eigenvalue weighted by Crippen LogP contribution is 2.35. The Kier molecular flexibility index (Phi) is 5.33. The van der Waals surface area contributed by atoms with E-state index in [0.717, 1.165) is 25.9 Å². The molecule has 0 atom stereocenters. The van der Waals surface area contributed by atoms with E-state index in [-0.39, 0.29) is 11.7 Å². The largest absolute Gasteiger partial charge is 0.506 e. The van der Waals surface area contributed by atoms with E-state index in [1.165, 1.54) is 0 Å². The maximum atomic E-state index is 12.4. The Hall–Kier alpha value is -0.590. The lowest BCUT2D eigenvalue weighted by Crippen LogP contribution is -2.86. The molecule has 116 valence electrons. The van der Waals surface area contributed by atoms with Crippen LogP contribution in [0.3, 0.4) is 0 Å². The van der Waals surface area contributed by atoms with Gasteiger partial charge in [-0.3, -0.25) is 0 Å². The summed E-state index contributed by atoms with van der Waals surface area (Å²) < 4.78 is 6.67. The van der Waals surface area contributed by atoms with Crippen molar-refractivity contribution in [1.29, 1.82) is 0 Å². The van der Waals surface area contributed by atoms with Crippen molar-refractivity contribution in [2.45, 2.75) is 32.3 Å². The SMILES string of the molecule is CC(C)(OC(=O)c1cc(Br)c(O)c(Br)c1)C1CC[NH2+]CC1. The first-order valence-corrected chi connectivity index (χ1v) is 8.63. The summed E-state index contributed by atoms with van der Waals surface area (Å²) in [6.45, 7) is 6.13. The molecule has 1 aliphatic rings. The molecule has 2 rings (SSSR count). The van der Waals surface area contributed by atoms with Crippen LogP contribution in [0.5, 0.6) is 5.75 Å². The van der Waals surface area contributed by atoms with Crippen LogP contribution in [-0.2, 0) is 4.74 Å². The molecule has 1 aliphatic heterocycles. The first-order valence-electron chi connectivity index (χ1n) is 7.04. The number of benzene rings is 1. The lowest BCUT2D eigenvalue weighted by atomic mass is 9.83. The number of esters is 1. The average Bonchev–Trinajstić information content (AvgIpc) is 2.44. The summed E-state index contributed by atoms with van der Waals surface area (Å²) in [4.78, 5) is 12.4. The number of hydrogen-bond donors (Lipinski definition) is 2. The molecular weight excluding hydrogens is 402 g/mol. The van der Waals surface area contributed by atoms with Crippen LogP contribution >= 0.6 is 31.9 Å². The molecule has 1 fully saturated rings. The zero-order valence-corrected chi connectivity index (χ0v) is 15.3. The number of rotatable bonds is 3. The number of nitrogens with two attached hydrogens (primary N) is 1. The number of ether oxygens (including phenoxy) is 1. The number of halogens is 2. The van der Waals surface area contributed by atoms with Crippen LogP contribution in [-0.4, -0.2) is 29.8 Å². The fraction of sp³-hybridized carbons (Fsp3) is 0.533. The lowest BCUT2D eigenvalue weighted by Gasteiger charge is -2.35. The van der Waals surface area contributed by atoms with Gasteiger partial charge in [0.1, 0.15) is 11.4 Å². The highest BCUT2D eigenvalue weighted by atomic mass is 79.9. The zero-order valence-electron chi connectivity index (χ0n) is 12.2. The summed E-state index contributed by atoms with van der Waals surface area (Å²) in [7, 11) is 0. The summed E-state index contributed by atoms with van der Waals surface area (Å²) in [5, 5.41) is 12.0. The van der Waals surface area contributed by atoms with Gasteiger partial charge in [-0.15, -0.1) is 0 Å². The van der Waals surface area contributed by atoms with E-state index in [0.29, 0.717) is 20.4 Å². The van der Waals surface area contributed by atoms with Crippen LogP contribution in [0.2, 0.25) is 0 Å². The van der Waals surface area contributed by atoms with Gasteiger partial charge in [0, 0.05) is 18.8 Å². The van der Waals surface area contributed by atoms with Crippen LogP contribution in [0.25, 0.3) is 0 Å². The van der Waals surface area contributed by atoms with E-state index in [4.69, 9.17) is 4.74 Å². The fourth-order valence-electron chi connectivity index (χ4n) is 2.69. The van der Waals surface area contributed by atoms with Crippen LogP contribution in [0.4, 0.5) is 0 Å². The maximum absolute atomic E-state index is 12.4. The number of phenols is 1. The molecule has 0 amide bonds. The molecule has 0 bridgehead atoms. The lowest BCUT2D eigenvalue weighted by molar-refractivity contribution is -0.665. The highest BCUT2D eigenvalue weighted by Gasteiger charge is 2.35. The predicted octanol–water partition coefficient (Wildman–Crippen LogP) is 2.83. The molecular formula is C15H20Br2NO3+. The Bertz CT molecular complexity index is 517. The fourth-order valence-corrected chi connectivity index (χ4v) is 3.87. The van der Waals surface area contributed by atoms with Gasteiger partial charge in [-0.1, -0.05) is 0 Å². The van der Waals surface area contributed by atoms with Crippen molar-refractivity contribution in [1.82, 2.24) is 0 Å². The van der Waals surface area contributed by atoms with Gasteiger partial charge in [-0.05, 0) is 57.8 Å². The Morgan fingerprint density at radius 1 is 1.29 bits per heavy atom. The first kappa shape index (κ1) is 16.8. The van der Waals surface area contributed by atoms with E-state index >= 15 is 0 Å². The third-order valence-corrected chi connectivity index (χ3v) is 5.24. The minimum absolute atomic E-state index is 0.0774. The molecule has 6 heteroatoms. The van der Waals surface area contributed by atoms with E-state index in [1.54, 1.807) is 12.1 Å². The quantitative estimate of drug-likeness (QED) is 0.737. The van der Waals surface area contributed by atoms with Crippen LogP contribution in [0.15, 0.2) is 21.1 Å². The summed E-state index contributed by atoms with van der Waals surface area (Å²) in [5.74, 6) is 0.0972. The van der Waals surface area contributed by atoms with Gasteiger partial charge in [0.15, 0.2) is 0 Å². The number of phenolic OH excluding ortho intramolecular Hbond substituents is 1. The van der Waals surface area contributed by atoms with E-state index in [2.05, 4.69) is 37.2 Å². The number of carbonyl (C=O) groups excluding carboxylic acids is 1. The third kappa shape index (κ3) is 3.99. The molecule has 0 saturated carbocycles. The van der Waals surface area contributed by atoms with Gasteiger partial charge in [0.2, 0.25) is 0 Å². The second-order valence-corrected chi connectivity index (χ2v) is 7.63. The summed E-state index contributed by atoms with van der Waals surface area (Å²) in [6.07, 6.45) is 2.12. The van der Waals surface area contributed by atoms with Crippen molar-refractivity contribution >= 4 is 37.8 Å². The van der Waals surface area contributed by atoms with Crippen molar-refractivity contribution in [2.75, 3.05) is 13.1 Å². The number of quaternary nitrogens is 1. The average molecular weight is 422 g/mol. The van der Waals surface area contributed by atoms with Gasteiger partial charge in [-0.2, -0.15) is 0 Å². The number of aromatic hydroxyl groups is 1. The molecule has 1 saturated heterocycles. The van der Waals surface area contributed by atoms with Gasteiger partial charge in [-0.25, -0.2) is 4.79 Å². The van der Waals surface area contributed by atoms with Crippen LogP contribution < -0.4 is 5.32 Å². The standard InChI is InChI=1S/C15H19Br2NO3/c1-15(2,10-3-5-18-6-4-10)21-14(20)9-7-11(16)13(19)12(17)8-9/h7-8,10,18-19H,3-6H2,1-2H3/p+1. The molecule has 0 radical (unpaired) electrons. The zero-order chi connectivity index (χ0) is 15.6. The predicted molar refractivity (Wildman–Crippen MR) is 87.4 cm³/mol. The molecule has 0 aromatic heterocycles. The second-order valence-electron chi connectivity index (χ2n) is 5.92. The molecule has 1 aromatic rings. The van der Waals surface area contributed by atoms with Crippen molar-refractivity contribution in [3.8, 4) is 5.75 Å². The summed E-state index contributed by atoms with van der Waals surface area (Å²) >= 11 is 6.46. The second kappa shape index (κ2) is 6.67. The number of piperidine rings is 1. The van der Waals surface area contributed by atoms with Crippen molar-refractivity contribution in [2.24, 2.45) is 5.92 Å². The highest BCUT2D eigenvalue weighted by molar-refractivity contribution is 9.11. The Morgan fingerprint density at radius 3 is 2.33 bits per heavy atom. The van der Waals surface area contributed by atoms with Gasteiger partial charge >= 0.3 is 5.97 Å². The Morgan fingerprint density at radius 2 is 1.81 bits per heavy atom. The Balaban J connectivity index is 2.13. The summed E-state index contributed by atoms with van der Waals surface area (Å²) in [5.41, 5.74) is -0.0654. The topological polar surface area (TPSA) is 63.1 Å². The van der Waals surface area contributed by atoms with Crippen molar-refractivity contribution in [3.63, 3.8) is 0 Å². The van der Waals surface area contributed by atoms with Crippen molar-refractivity contribution in [3.05, 3.63) is 26.6 Å². The molecule has 3 N–H and O–H groups in total. The minimum atomic E-state index is -0.484. The van der Waals surface area contributed by atoms with Crippen molar-refractivity contribution < 1.29 is 20.0 Å². The molecule has 1 heterocycles. The van der Waals surface area contributed by atoms with E-state index < -0.39 is 5.60 Å². The molecule has 1 aromatic carbocycles. The smallest absolute Gasteiger partial charge is 0.338 e. The van der Waals surface area contributed by atoms with Gasteiger partial charge in [0.05, 0.1) is 27.6 Å². The normalized spacial score (nSPS) is 16.8. The van der Waals surface area contributed by atoms with Gasteiger partial charge in [0.25, 0.3) is 0 Å². The monoisotopic (exact) mass is 420 g/mol. The minimum Gasteiger partial charge on any atom is -0.506 e. The van der Waals surface area contributed by atoms with Gasteiger partial charge < -0.3 is 15.2 Å².